The summed E-state index contributed by atoms with van der Waals surface area (Å²) in [7, 11) is 0. The lowest BCUT2D eigenvalue weighted by atomic mass is 9.85. The maximum atomic E-state index is 13.0. The van der Waals surface area contributed by atoms with E-state index in [0.29, 0.717) is 40.2 Å². The predicted octanol–water partition coefficient (Wildman–Crippen LogP) is 5.96. The van der Waals surface area contributed by atoms with Gasteiger partial charge in [-0.2, -0.15) is 13.5 Å². The van der Waals surface area contributed by atoms with Crippen molar-refractivity contribution in [2.75, 3.05) is 6.61 Å². The molecule has 4 rings (SSSR count). The molecule has 2 heterocycles. The van der Waals surface area contributed by atoms with Crippen LogP contribution in [0.3, 0.4) is 0 Å². The van der Waals surface area contributed by atoms with Gasteiger partial charge >= 0.3 is 12.6 Å². The fourth-order valence-electron chi connectivity index (χ4n) is 3.79. The number of aldehydes is 1. The van der Waals surface area contributed by atoms with Crippen LogP contribution in [-0.2, 0) is 6.42 Å². The van der Waals surface area contributed by atoms with Gasteiger partial charge in [-0.25, -0.2) is 4.79 Å². The second-order valence-corrected chi connectivity index (χ2v) is 10.1. The molecule has 1 aromatic carbocycles. The minimum absolute atomic E-state index is 0.0466. The number of carboxylic acid groups (broad SMARTS) is 1. The highest BCUT2D eigenvalue weighted by molar-refractivity contribution is 7.15. The Kier molecular flexibility index (Phi) is 7.97. The lowest BCUT2D eigenvalue weighted by Crippen LogP contribution is -2.25. The third-order valence-electron chi connectivity index (χ3n) is 5.69. The molecule has 0 amide bonds. The summed E-state index contributed by atoms with van der Waals surface area (Å²) in [5.41, 5.74) is 1.17. The number of hydrogen-bond donors (Lipinski definition) is 1. The van der Waals surface area contributed by atoms with Crippen molar-refractivity contribution in [2.45, 2.75) is 31.8 Å². The Hall–Kier alpha value is -2.95. The van der Waals surface area contributed by atoms with Crippen LogP contribution in [0.15, 0.2) is 36.7 Å². The average Bonchev–Trinajstić information content (AvgIpc) is 3.54. The number of aromatic carboxylic acids is 1. The third-order valence-corrected chi connectivity index (χ3v) is 7.40. The molecule has 12 heteroatoms. The summed E-state index contributed by atoms with van der Waals surface area (Å²) in [4.78, 5) is 23.6. The maximum absolute atomic E-state index is 13.0. The van der Waals surface area contributed by atoms with Gasteiger partial charge in [-0.3, -0.25) is 4.79 Å². The van der Waals surface area contributed by atoms with Crippen LogP contribution in [0.2, 0.25) is 10.0 Å². The van der Waals surface area contributed by atoms with Crippen molar-refractivity contribution in [3.8, 4) is 11.5 Å². The van der Waals surface area contributed by atoms with Crippen molar-refractivity contribution in [3.05, 3.63) is 78.4 Å². The molecule has 0 saturated heterocycles. The number of carbonyl (C=O) groups excluding carboxylic acids is 1. The van der Waals surface area contributed by atoms with E-state index >= 15 is 0 Å². The zero-order valence-corrected chi connectivity index (χ0v) is 20.8. The summed E-state index contributed by atoms with van der Waals surface area (Å²) in [6.07, 6.45) is 4.78. The average molecular weight is 558 g/mol. The second-order valence-electron chi connectivity index (χ2n) is 8.24. The van der Waals surface area contributed by atoms with Gasteiger partial charge in [-0.05, 0) is 54.5 Å². The summed E-state index contributed by atoms with van der Waals surface area (Å²) in [6.45, 7) is -2.75. The van der Waals surface area contributed by atoms with Gasteiger partial charge in [0.15, 0.2) is 30.2 Å². The van der Waals surface area contributed by atoms with E-state index in [4.69, 9.17) is 27.9 Å². The molecule has 1 fully saturated rings. The number of carbonyl (C=O) groups is 2. The third kappa shape index (κ3) is 6.05. The van der Waals surface area contributed by atoms with Crippen LogP contribution in [-0.4, -0.2) is 30.6 Å². The van der Waals surface area contributed by atoms with Gasteiger partial charge in [0, 0.05) is 11.5 Å². The minimum Gasteiger partial charge on any atom is -0.619 e. The molecule has 190 valence electrons. The van der Waals surface area contributed by atoms with Gasteiger partial charge in [0.1, 0.15) is 14.9 Å². The second kappa shape index (κ2) is 11.0. The van der Waals surface area contributed by atoms with Crippen LogP contribution in [0.4, 0.5) is 8.78 Å². The molecule has 1 aliphatic carbocycles. The highest BCUT2D eigenvalue weighted by atomic mass is 35.5. The van der Waals surface area contributed by atoms with E-state index < -0.39 is 18.5 Å². The number of ether oxygens (including phenoxy) is 2. The Labute approximate surface area is 218 Å². The van der Waals surface area contributed by atoms with E-state index in [9.17, 15) is 28.7 Å². The van der Waals surface area contributed by atoms with Crippen LogP contribution in [0.25, 0.3) is 0 Å². The largest absolute Gasteiger partial charge is 0.619 e. The van der Waals surface area contributed by atoms with Gasteiger partial charge in [0.25, 0.3) is 0 Å². The summed E-state index contributed by atoms with van der Waals surface area (Å²) < 4.78 is 36.8. The minimum atomic E-state index is -3.07. The standard InChI is InChI=1S/C24H19Cl2F2NO6S/c25-18-8-29(33)9-19(26)17(18)7-15(16-6-14(10-30)36-22(16)23(31)32)13-3-4-20(35-24(27)28)21(5-13)34-11-12-1-2-12/h3-6,8-10,12,15,24H,1-2,7,11H2,(H,31,32)/t15-/m0/s1. The van der Waals surface area contributed by atoms with Crippen molar-refractivity contribution < 1.29 is 37.7 Å². The van der Waals surface area contributed by atoms with Crippen molar-refractivity contribution >= 4 is 46.8 Å². The molecule has 2 aromatic heterocycles. The van der Waals surface area contributed by atoms with Crippen molar-refractivity contribution in [2.24, 2.45) is 5.92 Å². The van der Waals surface area contributed by atoms with Gasteiger partial charge < -0.3 is 19.8 Å². The fraction of sp³-hybridized carbons (Fsp3) is 0.292. The first-order chi connectivity index (χ1) is 17.2. The molecule has 1 atom stereocenters. The van der Waals surface area contributed by atoms with Crippen LogP contribution < -0.4 is 14.2 Å². The van der Waals surface area contributed by atoms with Gasteiger partial charge in [0.05, 0.1) is 11.5 Å². The van der Waals surface area contributed by atoms with E-state index in [2.05, 4.69) is 4.74 Å². The molecule has 1 N–H and O–H groups in total. The van der Waals surface area contributed by atoms with Crippen LogP contribution >= 0.6 is 34.5 Å². The first-order valence-corrected chi connectivity index (χ1v) is 12.3. The maximum Gasteiger partial charge on any atom is 0.387 e. The Balaban J connectivity index is 1.84. The molecule has 1 saturated carbocycles. The molecule has 1 aliphatic rings. The molecule has 0 aliphatic heterocycles. The zero-order valence-electron chi connectivity index (χ0n) is 18.5. The number of nitrogens with zero attached hydrogens (tertiary/aromatic N) is 1. The number of halogens is 4. The first-order valence-electron chi connectivity index (χ1n) is 10.8. The number of rotatable bonds is 11. The van der Waals surface area contributed by atoms with Gasteiger partial charge in [-0.15, -0.1) is 11.3 Å². The number of aromatic nitrogens is 1. The summed E-state index contributed by atoms with van der Waals surface area (Å²) in [6, 6.07) is 5.80. The van der Waals surface area contributed by atoms with E-state index in [-0.39, 0.29) is 37.7 Å². The molecule has 0 unspecified atom stereocenters. The van der Waals surface area contributed by atoms with E-state index in [1.807, 2.05) is 0 Å². The van der Waals surface area contributed by atoms with Crippen molar-refractivity contribution in [3.63, 3.8) is 0 Å². The fourth-order valence-corrected chi connectivity index (χ4v) is 5.26. The lowest BCUT2D eigenvalue weighted by Gasteiger charge is -2.21. The summed E-state index contributed by atoms with van der Waals surface area (Å²) in [5, 5.41) is 21.6. The van der Waals surface area contributed by atoms with E-state index in [0.717, 1.165) is 36.6 Å². The number of hydrogen-bond acceptors (Lipinski definition) is 6. The van der Waals surface area contributed by atoms with E-state index in [1.165, 1.54) is 24.3 Å². The lowest BCUT2D eigenvalue weighted by molar-refractivity contribution is -0.605. The Morgan fingerprint density at radius 2 is 1.92 bits per heavy atom. The Morgan fingerprint density at radius 1 is 1.22 bits per heavy atom. The monoisotopic (exact) mass is 557 g/mol. The number of benzene rings is 1. The Bertz CT molecular complexity index is 1270. The quantitative estimate of drug-likeness (QED) is 0.177. The normalized spacial score (nSPS) is 14.0. The van der Waals surface area contributed by atoms with Crippen molar-refractivity contribution in [1.29, 1.82) is 0 Å². The van der Waals surface area contributed by atoms with Crippen LogP contribution in [0.5, 0.6) is 11.5 Å². The van der Waals surface area contributed by atoms with Crippen LogP contribution in [0, 0.1) is 11.1 Å². The van der Waals surface area contributed by atoms with Crippen molar-refractivity contribution in [1.82, 2.24) is 0 Å². The van der Waals surface area contributed by atoms with E-state index in [1.54, 1.807) is 0 Å². The zero-order chi connectivity index (χ0) is 26.0. The summed E-state index contributed by atoms with van der Waals surface area (Å²) >= 11 is 13.4. The highest BCUT2D eigenvalue weighted by Crippen LogP contribution is 2.41. The molecular weight excluding hydrogens is 539 g/mol. The first kappa shape index (κ1) is 26.1. The van der Waals surface area contributed by atoms with Crippen LogP contribution in [0.1, 0.15) is 54.8 Å². The number of carboxylic acids is 1. The molecule has 0 spiro atoms. The van der Waals surface area contributed by atoms with Gasteiger partial charge in [-0.1, -0.05) is 29.3 Å². The molecule has 7 nitrogen and oxygen atoms in total. The molecular formula is C24H19Cl2F2NO6S. The SMILES string of the molecule is O=Cc1cc([C@@H](Cc2c(Cl)c[n+]([O-])cc2Cl)c2ccc(OC(F)F)c(OCC3CC3)c2)c(C(=O)O)s1. The molecule has 36 heavy (non-hydrogen) atoms. The topological polar surface area (TPSA) is 99.8 Å². The predicted molar refractivity (Wildman–Crippen MR) is 129 cm³/mol. The summed E-state index contributed by atoms with van der Waals surface area (Å²) in [5.74, 6) is -1.72. The molecule has 3 aromatic rings. The Morgan fingerprint density at radius 3 is 2.50 bits per heavy atom. The van der Waals surface area contributed by atoms with Gasteiger partial charge in [0.2, 0.25) is 0 Å². The number of thiophene rings is 1. The molecule has 0 radical (unpaired) electrons. The number of alkyl halides is 2. The highest BCUT2D eigenvalue weighted by Gasteiger charge is 2.29. The number of pyridine rings is 1. The molecule has 0 bridgehead atoms. The smallest absolute Gasteiger partial charge is 0.387 e.